The first-order valence-corrected chi connectivity index (χ1v) is 30.5. The van der Waals surface area contributed by atoms with Crippen molar-refractivity contribution < 1.29 is 40.6 Å². The largest absolute Gasteiger partial charge is 0.488 e. The normalized spacial score (nSPS) is 14.6. The maximum Gasteiger partial charge on any atom is 0.306 e. The van der Waals surface area contributed by atoms with E-state index in [1.165, 1.54) is 10.5 Å². The standard InChI is InChI=1S/C58H70ClN11O9S2/c1-7-77-55(72)33-46(41-21-20-39(4)43(30-41)36-70-35-40(5)79-50-17-11-13-19-53(50)81(70,75)76)42-31-49-56(69(6)68-67-49)51(32-42)78-37-54(71)62-27-15-9-8-14-26-60-28-29-61-44-22-24-45(25-23-44)64-58-63-34-47(59)57(66-58)65-48-16-10-12-18-52(48)80(73,74)38(2)3/h10-13,16-25,30-32,34,38,40,46,60-61H,7-9,14-15,26-29,33,35-37H2,1-6H3,(H,62,71)(H2,63,64,65,66). The number of carbonyl (C=O) groups excluding carboxylic acids is 2. The number of anilines is 5. The molecule has 0 radical (unpaired) electrons. The zero-order valence-electron chi connectivity index (χ0n) is 46.4. The third-order valence-corrected chi connectivity index (χ3v) is 18.0. The lowest BCUT2D eigenvalue weighted by molar-refractivity contribution is -0.143. The lowest BCUT2D eigenvalue weighted by Gasteiger charge is -2.24. The zero-order valence-corrected chi connectivity index (χ0v) is 48.8. The molecule has 430 valence electrons. The van der Waals surface area contributed by atoms with Crippen molar-refractivity contribution in [3.63, 3.8) is 0 Å². The van der Waals surface area contributed by atoms with Crippen molar-refractivity contribution in [3.8, 4) is 11.5 Å². The smallest absolute Gasteiger partial charge is 0.306 e. The van der Waals surface area contributed by atoms with Crippen LogP contribution >= 0.6 is 11.6 Å². The number of benzene rings is 5. The number of aryl methyl sites for hydroxylation is 2. The molecule has 0 bridgehead atoms. The van der Waals surface area contributed by atoms with E-state index in [-0.39, 0.29) is 65.2 Å². The summed E-state index contributed by atoms with van der Waals surface area (Å²) in [7, 11) is -5.73. The molecule has 5 aromatic carbocycles. The van der Waals surface area contributed by atoms with Crippen molar-refractivity contribution in [2.75, 3.05) is 61.9 Å². The molecular weight excluding hydrogens is 1090 g/mol. The lowest BCUT2D eigenvalue weighted by Crippen LogP contribution is -2.35. The van der Waals surface area contributed by atoms with Gasteiger partial charge in [0.15, 0.2) is 22.3 Å². The molecule has 8 rings (SSSR count). The lowest BCUT2D eigenvalue weighted by atomic mass is 9.86. The van der Waals surface area contributed by atoms with Gasteiger partial charge < -0.3 is 40.8 Å². The Labute approximate surface area is 478 Å². The summed E-state index contributed by atoms with van der Waals surface area (Å²) < 4.78 is 74.6. The summed E-state index contributed by atoms with van der Waals surface area (Å²) in [6, 6.07) is 30.5. The number of aromatic nitrogens is 5. The minimum absolute atomic E-state index is 0.0209. The van der Waals surface area contributed by atoms with Crippen molar-refractivity contribution in [3.05, 3.63) is 137 Å². The molecule has 2 atom stereocenters. The van der Waals surface area contributed by atoms with E-state index in [1.807, 2.05) is 68.4 Å². The molecule has 20 nitrogen and oxygen atoms in total. The Morgan fingerprint density at radius 3 is 2.40 bits per heavy atom. The Kier molecular flexibility index (Phi) is 20.2. The van der Waals surface area contributed by atoms with Crippen LogP contribution in [0.15, 0.2) is 119 Å². The molecule has 2 unspecified atom stereocenters. The molecule has 1 aliphatic rings. The van der Waals surface area contributed by atoms with Gasteiger partial charge in [-0.3, -0.25) is 9.59 Å². The van der Waals surface area contributed by atoms with Crippen LogP contribution in [0.2, 0.25) is 5.02 Å². The van der Waals surface area contributed by atoms with E-state index >= 15 is 0 Å². The summed E-state index contributed by atoms with van der Waals surface area (Å²) in [5.74, 6) is 0.0124. The average Bonchev–Trinajstić information content (AvgIpc) is 3.86. The van der Waals surface area contributed by atoms with Crippen LogP contribution < -0.4 is 36.1 Å². The summed E-state index contributed by atoms with van der Waals surface area (Å²) in [5, 5.41) is 24.3. The second-order valence-corrected chi connectivity index (χ2v) is 24.8. The van der Waals surface area contributed by atoms with Gasteiger partial charge in [-0.25, -0.2) is 26.5 Å². The number of unbranched alkanes of at least 4 members (excludes halogenated alkanes) is 3. The molecule has 7 aromatic rings. The van der Waals surface area contributed by atoms with E-state index in [4.69, 9.17) is 25.8 Å². The van der Waals surface area contributed by atoms with Crippen LogP contribution in [0, 0.1) is 6.92 Å². The van der Waals surface area contributed by atoms with Gasteiger partial charge in [0, 0.05) is 50.5 Å². The number of nitrogens with one attached hydrogen (secondary N) is 5. The van der Waals surface area contributed by atoms with Gasteiger partial charge >= 0.3 is 5.97 Å². The number of sulfone groups is 1. The molecule has 81 heavy (non-hydrogen) atoms. The fourth-order valence-electron chi connectivity index (χ4n) is 9.34. The number of rotatable bonds is 27. The monoisotopic (exact) mass is 1160 g/mol. The van der Waals surface area contributed by atoms with Gasteiger partial charge in [0.05, 0.1) is 41.6 Å². The molecule has 0 fully saturated rings. The Bertz CT molecular complexity index is 3550. The Morgan fingerprint density at radius 1 is 0.877 bits per heavy atom. The molecule has 1 aliphatic heterocycles. The summed E-state index contributed by atoms with van der Waals surface area (Å²) in [5.41, 5.74) is 6.27. The molecule has 1 amide bonds. The van der Waals surface area contributed by atoms with Gasteiger partial charge in [0.2, 0.25) is 16.0 Å². The molecule has 2 aromatic heterocycles. The van der Waals surface area contributed by atoms with Crippen molar-refractivity contribution in [2.24, 2.45) is 7.05 Å². The van der Waals surface area contributed by atoms with Crippen LogP contribution in [0.3, 0.4) is 0 Å². The van der Waals surface area contributed by atoms with E-state index in [1.54, 1.807) is 81.0 Å². The number of para-hydroxylation sites is 2. The highest BCUT2D eigenvalue weighted by molar-refractivity contribution is 7.92. The van der Waals surface area contributed by atoms with Crippen LogP contribution in [0.5, 0.6) is 11.5 Å². The van der Waals surface area contributed by atoms with Gasteiger partial charge in [-0.15, -0.1) is 5.10 Å². The van der Waals surface area contributed by atoms with Crippen molar-refractivity contribution >= 4 is 83.2 Å². The van der Waals surface area contributed by atoms with E-state index in [0.717, 1.165) is 73.4 Å². The minimum Gasteiger partial charge on any atom is -0.488 e. The van der Waals surface area contributed by atoms with Crippen LogP contribution in [0.1, 0.15) is 88.0 Å². The maximum atomic E-state index is 14.0. The van der Waals surface area contributed by atoms with E-state index in [9.17, 15) is 26.4 Å². The number of sulfonamides is 1. The summed E-state index contributed by atoms with van der Waals surface area (Å²) in [6.45, 7) is 11.8. The summed E-state index contributed by atoms with van der Waals surface area (Å²) in [4.78, 5) is 35.5. The van der Waals surface area contributed by atoms with Gasteiger partial charge in [0.25, 0.3) is 5.91 Å². The number of nitrogens with zero attached hydrogens (tertiary/aromatic N) is 6. The number of hydrogen-bond acceptors (Lipinski definition) is 17. The molecular formula is C58H70ClN11O9S2. The highest BCUT2D eigenvalue weighted by atomic mass is 35.5. The Balaban J connectivity index is 0.771. The highest BCUT2D eigenvalue weighted by Crippen LogP contribution is 2.38. The molecule has 23 heteroatoms. The predicted molar refractivity (Wildman–Crippen MR) is 314 cm³/mol. The van der Waals surface area contributed by atoms with Crippen molar-refractivity contribution in [1.82, 2.24) is 39.9 Å². The molecule has 3 heterocycles. The first kappa shape index (κ1) is 59.7. The third-order valence-electron chi connectivity index (χ3n) is 13.7. The number of carbonyl (C=O) groups is 2. The highest BCUT2D eigenvalue weighted by Gasteiger charge is 2.34. The van der Waals surface area contributed by atoms with Crippen LogP contribution in [0.4, 0.5) is 28.8 Å². The third kappa shape index (κ3) is 15.4. The van der Waals surface area contributed by atoms with Gasteiger partial charge in [-0.05, 0) is 137 Å². The molecule has 0 spiro atoms. The first-order valence-electron chi connectivity index (χ1n) is 27.1. The number of ether oxygens (including phenoxy) is 3. The minimum atomic E-state index is -3.91. The Hall–Kier alpha value is -7.37. The zero-order chi connectivity index (χ0) is 57.7. The molecule has 0 saturated heterocycles. The van der Waals surface area contributed by atoms with Gasteiger partial charge in [-0.1, -0.05) is 72.1 Å². The summed E-state index contributed by atoms with van der Waals surface area (Å²) in [6.07, 6.45) is 4.77. The number of esters is 1. The van der Waals surface area contributed by atoms with Gasteiger partial charge in [0.1, 0.15) is 38.6 Å². The van der Waals surface area contributed by atoms with Crippen LogP contribution in [-0.4, -0.2) is 115 Å². The maximum absolute atomic E-state index is 14.0. The number of hydrogen-bond donors (Lipinski definition) is 5. The SMILES string of the molecule is CCOC(=O)CC(c1ccc(C)c(CN2CC(C)Oc3ccccc3S2(=O)=O)c1)c1cc(OCC(=O)NCCCCCCNCCNc2ccc(Nc3ncc(Cl)c(Nc4ccccc4S(=O)(=O)C(C)C)n3)cc2)c2c(c1)nnn2C. The fraction of sp³-hybridized carbons (Fsp3) is 0.379. The second kappa shape index (κ2) is 27.4. The van der Waals surface area contributed by atoms with Crippen molar-refractivity contribution in [2.45, 2.75) is 100 Å². The predicted octanol–water partition coefficient (Wildman–Crippen LogP) is 9.20. The number of amides is 1. The van der Waals surface area contributed by atoms with Gasteiger partial charge in [-0.2, -0.15) is 9.29 Å². The van der Waals surface area contributed by atoms with E-state index in [2.05, 4.69) is 46.9 Å². The molecule has 5 N–H and O–H groups in total. The summed E-state index contributed by atoms with van der Waals surface area (Å²) >= 11 is 6.41. The van der Waals surface area contributed by atoms with E-state index < -0.39 is 43.1 Å². The topological polar surface area (TPSA) is 250 Å². The first-order chi connectivity index (χ1) is 38.9. The van der Waals surface area contributed by atoms with Crippen LogP contribution in [-0.2, 0) is 47.8 Å². The fourth-order valence-corrected chi connectivity index (χ4v) is 12.3. The Morgan fingerprint density at radius 2 is 1.62 bits per heavy atom. The van der Waals surface area contributed by atoms with Crippen molar-refractivity contribution in [1.29, 1.82) is 0 Å². The average molecular weight is 1160 g/mol. The number of halogens is 1. The second-order valence-electron chi connectivity index (χ2n) is 20.1. The molecule has 0 saturated carbocycles. The van der Waals surface area contributed by atoms with Crippen LogP contribution in [0.25, 0.3) is 11.0 Å². The quantitative estimate of drug-likeness (QED) is 0.0238. The van der Waals surface area contributed by atoms with E-state index in [0.29, 0.717) is 40.3 Å². The number of fused-ring (bicyclic) bond motifs is 2. The molecule has 0 aliphatic carbocycles.